The molecular weight excluding hydrogens is 278 g/mol. The number of nitrogens with one attached hydrogen (secondary N) is 2. The molecule has 0 heterocycles. The van der Waals surface area contributed by atoms with Crippen molar-refractivity contribution in [1.82, 2.24) is 5.43 Å². The fraction of sp³-hybridized carbons (Fsp3) is 0.176. The fourth-order valence-electron chi connectivity index (χ4n) is 2.04. The van der Waals surface area contributed by atoms with Crippen molar-refractivity contribution >= 4 is 17.5 Å². The van der Waals surface area contributed by atoms with Crippen LogP contribution in [-0.2, 0) is 22.4 Å². The second-order valence-electron chi connectivity index (χ2n) is 5.15. The van der Waals surface area contributed by atoms with Crippen LogP contribution in [-0.4, -0.2) is 11.8 Å². The summed E-state index contributed by atoms with van der Waals surface area (Å²) in [5.74, 6) is 4.72. The Hall–Kier alpha value is -2.66. The summed E-state index contributed by atoms with van der Waals surface area (Å²) >= 11 is 0. The van der Waals surface area contributed by atoms with Crippen LogP contribution in [0.2, 0.25) is 0 Å². The molecule has 0 bridgehead atoms. The second-order valence-corrected chi connectivity index (χ2v) is 5.15. The van der Waals surface area contributed by atoms with Crippen molar-refractivity contribution < 1.29 is 9.59 Å². The highest BCUT2D eigenvalue weighted by molar-refractivity contribution is 5.92. The van der Waals surface area contributed by atoms with E-state index in [1.54, 1.807) is 24.3 Å². The number of aryl methyl sites for hydroxylation is 1. The monoisotopic (exact) mass is 297 g/mol. The van der Waals surface area contributed by atoms with Crippen LogP contribution in [0, 0.1) is 6.92 Å². The van der Waals surface area contributed by atoms with E-state index in [9.17, 15) is 9.59 Å². The largest absolute Gasteiger partial charge is 0.326 e. The molecule has 0 aliphatic heterocycles. The molecule has 2 aromatic rings. The number of hydrogen-bond acceptors (Lipinski definition) is 3. The molecule has 0 fully saturated rings. The third-order valence-corrected chi connectivity index (χ3v) is 3.25. The van der Waals surface area contributed by atoms with E-state index >= 15 is 0 Å². The Morgan fingerprint density at radius 3 is 1.91 bits per heavy atom. The third-order valence-electron chi connectivity index (χ3n) is 3.25. The summed E-state index contributed by atoms with van der Waals surface area (Å²) < 4.78 is 0. The number of anilines is 1. The average molecular weight is 297 g/mol. The standard InChI is InChI=1S/C17H19N3O2/c1-12-2-4-13(5-3-12)10-16(21)19-15-8-6-14(7-9-15)11-17(22)20-18/h2-9H,10-11,18H2,1H3,(H,19,21)(H,20,22). The molecule has 0 atom stereocenters. The summed E-state index contributed by atoms with van der Waals surface area (Å²) in [4.78, 5) is 23.1. The van der Waals surface area contributed by atoms with Crippen molar-refractivity contribution in [3.05, 3.63) is 65.2 Å². The average Bonchev–Trinajstić information content (AvgIpc) is 2.51. The highest BCUT2D eigenvalue weighted by Crippen LogP contribution is 2.11. The lowest BCUT2D eigenvalue weighted by Gasteiger charge is -2.07. The van der Waals surface area contributed by atoms with Crippen molar-refractivity contribution in [3.63, 3.8) is 0 Å². The van der Waals surface area contributed by atoms with E-state index in [-0.39, 0.29) is 18.2 Å². The summed E-state index contributed by atoms with van der Waals surface area (Å²) in [6, 6.07) is 15.0. The lowest BCUT2D eigenvalue weighted by Crippen LogP contribution is -2.31. The SMILES string of the molecule is Cc1ccc(CC(=O)Nc2ccc(CC(=O)NN)cc2)cc1. The van der Waals surface area contributed by atoms with Gasteiger partial charge in [-0.25, -0.2) is 5.84 Å². The van der Waals surface area contributed by atoms with Gasteiger partial charge in [0.2, 0.25) is 11.8 Å². The van der Waals surface area contributed by atoms with Crippen LogP contribution in [0.5, 0.6) is 0 Å². The Balaban J connectivity index is 1.91. The molecule has 0 saturated carbocycles. The minimum Gasteiger partial charge on any atom is -0.326 e. The van der Waals surface area contributed by atoms with Crippen LogP contribution >= 0.6 is 0 Å². The number of benzene rings is 2. The number of amides is 2. The normalized spacial score (nSPS) is 10.1. The maximum Gasteiger partial charge on any atom is 0.238 e. The Labute approximate surface area is 129 Å². The minimum atomic E-state index is -0.254. The molecule has 0 radical (unpaired) electrons. The first kappa shape index (κ1) is 15.7. The van der Waals surface area contributed by atoms with Crippen LogP contribution in [0.15, 0.2) is 48.5 Å². The number of carbonyl (C=O) groups excluding carboxylic acids is 2. The highest BCUT2D eigenvalue weighted by atomic mass is 16.2. The maximum atomic E-state index is 12.0. The Kier molecular flexibility index (Phi) is 5.27. The molecule has 2 rings (SSSR count). The molecule has 0 aliphatic carbocycles. The van der Waals surface area contributed by atoms with Gasteiger partial charge in [-0.05, 0) is 30.2 Å². The van der Waals surface area contributed by atoms with Crippen LogP contribution < -0.4 is 16.6 Å². The number of hydrazine groups is 1. The van der Waals surface area contributed by atoms with Crippen molar-refractivity contribution in [3.8, 4) is 0 Å². The number of rotatable bonds is 5. The second kappa shape index (κ2) is 7.38. The quantitative estimate of drug-likeness (QED) is 0.446. The van der Waals surface area contributed by atoms with Crippen molar-refractivity contribution in [2.45, 2.75) is 19.8 Å². The zero-order valence-electron chi connectivity index (χ0n) is 12.4. The molecule has 2 aromatic carbocycles. The predicted molar refractivity (Wildman–Crippen MR) is 86.0 cm³/mol. The molecule has 0 aliphatic rings. The molecule has 0 unspecified atom stereocenters. The lowest BCUT2D eigenvalue weighted by molar-refractivity contribution is -0.120. The Morgan fingerprint density at radius 2 is 1.36 bits per heavy atom. The van der Waals surface area contributed by atoms with Gasteiger partial charge in [-0.2, -0.15) is 0 Å². The topological polar surface area (TPSA) is 84.2 Å². The molecule has 5 heteroatoms. The fourth-order valence-corrected chi connectivity index (χ4v) is 2.04. The zero-order valence-corrected chi connectivity index (χ0v) is 12.4. The van der Waals surface area contributed by atoms with E-state index in [1.807, 2.05) is 31.2 Å². The summed E-state index contributed by atoms with van der Waals surface area (Å²) in [5, 5.41) is 2.84. The molecule has 114 valence electrons. The molecular formula is C17H19N3O2. The van der Waals surface area contributed by atoms with Gasteiger partial charge in [-0.3, -0.25) is 15.0 Å². The van der Waals surface area contributed by atoms with Crippen LogP contribution in [0.25, 0.3) is 0 Å². The molecule has 2 amide bonds. The number of nitrogens with two attached hydrogens (primary N) is 1. The van der Waals surface area contributed by atoms with Gasteiger partial charge in [-0.1, -0.05) is 42.0 Å². The molecule has 5 nitrogen and oxygen atoms in total. The van der Waals surface area contributed by atoms with E-state index in [4.69, 9.17) is 5.84 Å². The zero-order chi connectivity index (χ0) is 15.9. The van der Waals surface area contributed by atoms with Gasteiger partial charge in [0.15, 0.2) is 0 Å². The Bertz CT molecular complexity index is 649. The molecule has 22 heavy (non-hydrogen) atoms. The number of carbonyl (C=O) groups is 2. The van der Waals surface area contributed by atoms with E-state index in [0.717, 1.165) is 11.1 Å². The van der Waals surface area contributed by atoms with Gasteiger partial charge in [0.1, 0.15) is 0 Å². The van der Waals surface area contributed by atoms with E-state index in [1.165, 1.54) is 5.56 Å². The first-order valence-electron chi connectivity index (χ1n) is 7.00. The van der Waals surface area contributed by atoms with Gasteiger partial charge in [0.25, 0.3) is 0 Å². The van der Waals surface area contributed by atoms with Gasteiger partial charge < -0.3 is 5.32 Å². The smallest absolute Gasteiger partial charge is 0.238 e. The molecule has 4 N–H and O–H groups in total. The Morgan fingerprint density at radius 1 is 0.864 bits per heavy atom. The summed E-state index contributed by atoms with van der Waals surface area (Å²) in [5.41, 5.74) is 5.76. The van der Waals surface area contributed by atoms with E-state index < -0.39 is 0 Å². The van der Waals surface area contributed by atoms with E-state index in [0.29, 0.717) is 12.1 Å². The van der Waals surface area contributed by atoms with Crippen molar-refractivity contribution in [1.29, 1.82) is 0 Å². The lowest BCUT2D eigenvalue weighted by atomic mass is 10.1. The maximum absolute atomic E-state index is 12.0. The van der Waals surface area contributed by atoms with Gasteiger partial charge >= 0.3 is 0 Å². The molecule has 0 aromatic heterocycles. The first-order chi connectivity index (χ1) is 10.6. The summed E-state index contributed by atoms with van der Waals surface area (Å²) in [6.45, 7) is 2.01. The van der Waals surface area contributed by atoms with Crippen LogP contribution in [0.4, 0.5) is 5.69 Å². The van der Waals surface area contributed by atoms with Crippen molar-refractivity contribution in [2.75, 3.05) is 5.32 Å². The first-order valence-corrected chi connectivity index (χ1v) is 7.00. The molecule has 0 saturated heterocycles. The highest BCUT2D eigenvalue weighted by Gasteiger charge is 2.05. The van der Waals surface area contributed by atoms with E-state index in [2.05, 4.69) is 10.7 Å². The number of hydrogen-bond donors (Lipinski definition) is 3. The van der Waals surface area contributed by atoms with Gasteiger partial charge in [0, 0.05) is 5.69 Å². The van der Waals surface area contributed by atoms with Crippen molar-refractivity contribution in [2.24, 2.45) is 5.84 Å². The minimum absolute atomic E-state index is 0.0729. The van der Waals surface area contributed by atoms with Crippen LogP contribution in [0.3, 0.4) is 0 Å². The van der Waals surface area contributed by atoms with Crippen LogP contribution in [0.1, 0.15) is 16.7 Å². The third kappa shape index (κ3) is 4.71. The summed E-state index contributed by atoms with van der Waals surface area (Å²) in [7, 11) is 0. The molecule has 0 spiro atoms. The predicted octanol–water partition coefficient (Wildman–Crippen LogP) is 1.71. The van der Waals surface area contributed by atoms with Gasteiger partial charge in [0.05, 0.1) is 12.8 Å². The summed E-state index contributed by atoms with van der Waals surface area (Å²) in [6.07, 6.45) is 0.547. The van der Waals surface area contributed by atoms with Gasteiger partial charge in [-0.15, -0.1) is 0 Å².